The zero-order valence-corrected chi connectivity index (χ0v) is 13.2. The molecule has 20 heavy (non-hydrogen) atoms. The van der Waals surface area contributed by atoms with Gasteiger partial charge in [-0.3, -0.25) is 0 Å². The molecule has 0 bridgehead atoms. The van der Waals surface area contributed by atoms with Crippen LogP contribution in [0.25, 0.3) is 0 Å². The summed E-state index contributed by atoms with van der Waals surface area (Å²) in [4.78, 5) is 0. The van der Waals surface area contributed by atoms with Gasteiger partial charge in [0.1, 0.15) is 0 Å². The van der Waals surface area contributed by atoms with Crippen LogP contribution in [0.1, 0.15) is 62.8 Å². The van der Waals surface area contributed by atoms with Crippen LogP contribution < -0.4 is 5.32 Å². The van der Waals surface area contributed by atoms with Crippen LogP contribution in [0.2, 0.25) is 0 Å². The van der Waals surface area contributed by atoms with E-state index in [-0.39, 0.29) is 12.4 Å². The maximum Gasteiger partial charge on any atom is 0.0143 e. The van der Waals surface area contributed by atoms with Gasteiger partial charge in [-0.1, -0.05) is 62.4 Å². The highest BCUT2D eigenvalue weighted by molar-refractivity contribution is 5.85. The summed E-state index contributed by atoms with van der Waals surface area (Å²) >= 11 is 0. The number of hydrogen-bond acceptors (Lipinski definition) is 1. The minimum Gasteiger partial charge on any atom is -0.313 e. The molecular formula is C18H28ClN. The Labute approximate surface area is 130 Å². The number of nitrogens with one attached hydrogen (secondary N) is 1. The Hall–Kier alpha value is -0.530. The largest absolute Gasteiger partial charge is 0.313 e. The van der Waals surface area contributed by atoms with E-state index >= 15 is 0 Å². The van der Waals surface area contributed by atoms with Crippen LogP contribution in [0.4, 0.5) is 0 Å². The van der Waals surface area contributed by atoms with Crippen LogP contribution >= 0.6 is 12.4 Å². The van der Waals surface area contributed by atoms with E-state index in [1.54, 1.807) is 0 Å². The Morgan fingerprint density at radius 2 is 1.75 bits per heavy atom. The molecule has 0 radical (unpaired) electrons. The molecule has 2 heteroatoms. The van der Waals surface area contributed by atoms with E-state index in [0.717, 1.165) is 17.9 Å². The molecule has 1 aromatic carbocycles. The first kappa shape index (κ1) is 15.9. The maximum absolute atomic E-state index is 3.74. The van der Waals surface area contributed by atoms with Crippen LogP contribution in [-0.2, 0) is 0 Å². The third-order valence-electron chi connectivity index (χ3n) is 4.94. The Morgan fingerprint density at radius 1 is 1.00 bits per heavy atom. The van der Waals surface area contributed by atoms with Gasteiger partial charge in [0.25, 0.3) is 0 Å². The van der Waals surface area contributed by atoms with Crippen molar-refractivity contribution in [2.75, 3.05) is 6.54 Å². The maximum atomic E-state index is 3.74. The van der Waals surface area contributed by atoms with Gasteiger partial charge in [-0.15, -0.1) is 12.4 Å². The fraction of sp³-hybridized carbons (Fsp3) is 0.667. The molecule has 1 aromatic rings. The molecule has 2 saturated carbocycles. The quantitative estimate of drug-likeness (QED) is 0.735. The Morgan fingerprint density at radius 3 is 2.50 bits per heavy atom. The normalized spacial score (nSPS) is 26.0. The van der Waals surface area contributed by atoms with Crippen molar-refractivity contribution >= 4 is 12.4 Å². The van der Waals surface area contributed by atoms with Crippen molar-refractivity contribution in [3.8, 4) is 0 Å². The van der Waals surface area contributed by atoms with Gasteiger partial charge in [0.2, 0.25) is 0 Å². The summed E-state index contributed by atoms with van der Waals surface area (Å²) in [5.74, 6) is 1.83. The molecule has 0 aromatic heterocycles. The summed E-state index contributed by atoms with van der Waals surface area (Å²) < 4.78 is 0. The van der Waals surface area contributed by atoms with Gasteiger partial charge in [0.15, 0.2) is 0 Å². The lowest BCUT2D eigenvalue weighted by Crippen LogP contribution is -2.20. The van der Waals surface area contributed by atoms with Crippen molar-refractivity contribution in [2.24, 2.45) is 5.92 Å². The van der Waals surface area contributed by atoms with Gasteiger partial charge in [0, 0.05) is 12.0 Å². The summed E-state index contributed by atoms with van der Waals surface area (Å²) in [6.45, 7) is 1.23. The molecule has 2 aliphatic rings. The van der Waals surface area contributed by atoms with Crippen molar-refractivity contribution in [3.05, 3.63) is 35.9 Å². The molecule has 0 heterocycles. The second-order valence-corrected chi connectivity index (χ2v) is 6.46. The van der Waals surface area contributed by atoms with Crippen LogP contribution in [0.3, 0.4) is 0 Å². The predicted molar refractivity (Wildman–Crippen MR) is 88.6 cm³/mol. The van der Waals surface area contributed by atoms with Gasteiger partial charge in [0.05, 0.1) is 0 Å². The third kappa shape index (κ3) is 4.49. The number of benzene rings is 1. The first-order valence-corrected chi connectivity index (χ1v) is 8.22. The summed E-state index contributed by atoms with van der Waals surface area (Å²) in [5, 5.41) is 3.74. The molecule has 2 fully saturated rings. The standard InChI is InChI=1S/C18H27N.ClH/c1-3-8-15(9-4-1)10-7-13-19-18-14-17(18)16-11-5-2-6-12-16;/h2,5-6,11-12,15,17-19H,1,3-4,7-10,13-14H2;1H/t17-,18+;/m0./s1. The molecule has 3 rings (SSSR count). The smallest absolute Gasteiger partial charge is 0.0143 e. The lowest BCUT2D eigenvalue weighted by Gasteiger charge is -2.21. The monoisotopic (exact) mass is 293 g/mol. The molecule has 2 atom stereocenters. The molecule has 0 spiro atoms. The Bertz CT molecular complexity index is 372. The lowest BCUT2D eigenvalue weighted by atomic mass is 9.86. The number of hydrogen-bond donors (Lipinski definition) is 1. The van der Waals surface area contributed by atoms with E-state index in [1.165, 1.54) is 63.5 Å². The van der Waals surface area contributed by atoms with E-state index in [0.29, 0.717) is 0 Å². The topological polar surface area (TPSA) is 12.0 Å². The van der Waals surface area contributed by atoms with Crippen molar-refractivity contribution in [1.29, 1.82) is 0 Å². The van der Waals surface area contributed by atoms with Crippen molar-refractivity contribution in [3.63, 3.8) is 0 Å². The first-order chi connectivity index (χ1) is 9.43. The zero-order chi connectivity index (χ0) is 12.9. The first-order valence-electron chi connectivity index (χ1n) is 8.22. The number of rotatable bonds is 6. The minimum atomic E-state index is 0. The fourth-order valence-corrected chi connectivity index (χ4v) is 3.64. The van der Waals surface area contributed by atoms with Crippen LogP contribution in [-0.4, -0.2) is 12.6 Å². The highest BCUT2D eigenvalue weighted by Gasteiger charge is 2.37. The highest BCUT2D eigenvalue weighted by Crippen LogP contribution is 2.40. The van der Waals surface area contributed by atoms with Gasteiger partial charge >= 0.3 is 0 Å². The average molecular weight is 294 g/mol. The SMILES string of the molecule is Cl.c1ccc([C@@H]2C[C@H]2NCCCC2CCCCC2)cc1. The van der Waals surface area contributed by atoms with Gasteiger partial charge in [-0.25, -0.2) is 0 Å². The predicted octanol–water partition coefficient (Wildman–Crippen LogP) is 4.91. The summed E-state index contributed by atoms with van der Waals surface area (Å²) in [5.41, 5.74) is 1.52. The molecular weight excluding hydrogens is 266 g/mol. The van der Waals surface area contributed by atoms with Gasteiger partial charge < -0.3 is 5.32 Å². The molecule has 1 nitrogen and oxygen atoms in total. The average Bonchev–Trinajstić information content (AvgIpc) is 3.25. The molecule has 0 saturated heterocycles. The Kier molecular flexibility index (Phi) is 6.38. The molecule has 0 amide bonds. The second kappa shape index (κ2) is 8.05. The van der Waals surface area contributed by atoms with E-state index in [4.69, 9.17) is 0 Å². The Balaban J connectivity index is 0.00000147. The minimum absolute atomic E-state index is 0. The van der Waals surface area contributed by atoms with Crippen LogP contribution in [0.15, 0.2) is 30.3 Å². The van der Waals surface area contributed by atoms with Gasteiger partial charge in [-0.05, 0) is 37.3 Å². The highest BCUT2D eigenvalue weighted by atomic mass is 35.5. The lowest BCUT2D eigenvalue weighted by molar-refractivity contribution is 0.330. The van der Waals surface area contributed by atoms with Crippen LogP contribution in [0, 0.1) is 5.92 Å². The molecule has 112 valence electrons. The number of halogens is 1. The van der Waals surface area contributed by atoms with E-state index in [2.05, 4.69) is 35.6 Å². The second-order valence-electron chi connectivity index (χ2n) is 6.46. The third-order valence-corrected chi connectivity index (χ3v) is 4.94. The zero-order valence-electron chi connectivity index (χ0n) is 12.4. The van der Waals surface area contributed by atoms with Gasteiger partial charge in [-0.2, -0.15) is 0 Å². The van der Waals surface area contributed by atoms with Crippen LogP contribution in [0.5, 0.6) is 0 Å². The van der Waals surface area contributed by atoms with Crippen molar-refractivity contribution in [1.82, 2.24) is 5.32 Å². The van der Waals surface area contributed by atoms with Crippen molar-refractivity contribution in [2.45, 2.75) is 63.3 Å². The fourth-order valence-electron chi connectivity index (χ4n) is 3.64. The summed E-state index contributed by atoms with van der Waals surface area (Å²) in [7, 11) is 0. The summed E-state index contributed by atoms with van der Waals surface area (Å²) in [6.07, 6.45) is 11.6. The molecule has 0 aliphatic heterocycles. The summed E-state index contributed by atoms with van der Waals surface area (Å²) in [6, 6.07) is 11.7. The van der Waals surface area contributed by atoms with E-state index < -0.39 is 0 Å². The molecule has 2 aliphatic carbocycles. The molecule has 0 unspecified atom stereocenters. The van der Waals surface area contributed by atoms with Crippen molar-refractivity contribution < 1.29 is 0 Å². The molecule has 1 N–H and O–H groups in total. The van der Waals surface area contributed by atoms with E-state index in [1.807, 2.05) is 0 Å². The van der Waals surface area contributed by atoms with E-state index in [9.17, 15) is 0 Å².